The Morgan fingerprint density at radius 1 is 1.10 bits per heavy atom. The molecule has 30 heavy (non-hydrogen) atoms. The molecule has 0 spiro atoms. The lowest BCUT2D eigenvalue weighted by molar-refractivity contribution is -0.275. The average Bonchev–Trinajstić information content (AvgIpc) is 2.70. The largest absolute Gasteiger partial charge is 0.573 e. The van der Waals surface area contributed by atoms with Gasteiger partial charge in [0.05, 0.1) is 5.39 Å². The first-order valence-electron chi connectivity index (χ1n) is 8.65. The normalized spacial score (nSPS) is 11.5. The number of ether oxygens (including phenoxy) is 1. The van der Waals surface area contributed by atoms with E-state index in [1.807, 2.05) is 0 Å². The molecule has 8 nitrogen and oxygen atoms in total. The topological polar surface area (TPSA) is 86.4 Å². The zero-order chi connectivity index (χ0) is 22.2. The number of pyridine rings is 1. The number of amides is 1. The Morgan fingerprint density at radius 3 is 2.43 bits per heavy atom. The van der Waals surface area contributed by atoms with Crippen molar-refractivity contribution in [3.8, 4) is 5.75 Å². The summed E-state index contributed by atoms with van der Waals surface area (Å²) >= 11 is 0. The van der Waals surface area contributed by atoms with Crippen LogP contribution in [0.2, 0.25) is 0 Å². The molecule has 3 aromatic rings. The number of benzene rings is 1. The molecule has 11 heteroatoms. The Hall–Kier alpha value is -3.63. The molecule has 0 fully saturated rings. The van der Waals surface area contributed by atoms with Gasteiger partial charge in [0.15, 0.2) is 0 Å². The average molecular weight is 422 g/mol. The van der Waals surface area contributed by atoms with Gasteiger partial charge in [0.1, 0.15) is 17.1 Å². The van der Waals surface area contributed by atoms with Crippen LogP contribution < -0.4 is 16.0 Å². The SMILES string of the molecule is CN(Cc1ccccc1OC(F)(F)F)C(=O)c1ccc2c(=O)n(C)c(=O)n(C)c2n1. The molecule has 0 aliphatic carbocycles. The van der Waals surface area contributed by atoms with Crippen molar-refractivity contribution in [2.45, 2.75) is 12.9 Å². The van der Waals surface area contributed by atoms with Gasteiger partial charge in [-0.05, 0) is 18.2 Å². The van der Waals surface area contributed by atoms with Gasteiger partial charge >= 0.3 is 12.1 Å². The number of nitrogens with zero attached hydrogens (tertiary/aromatic N) is 4. The van der Waals surface area contributed by atoms with E-state index in [1.165, 1.54) is 51.5 Å². The second-order valence-corrected chi connectivity index (χ2v) is 6.59. The number of rotatable bonds is 4. The third-order valence-corrected chi connectivity index (χ3v) is 4.47. The summed E-state index contributed by atoms with van der Waals surface area (Å²) in [5, 5.41) is 0.155. The van der Waals surface area contributed by atoms with Crippen LogP contribution in [0.1, 0.15) is 16.1 Å². The van der Waals surface area contributed by atoms with E-state index in [4.69, 9.17) is 0 Å². The molecule has 0 saturated carbocycles. The Bertz CT molecular complexity index is 1250. The van der Waals surface area contributed by atoms with Gasteiger partial charge in [-0.2, -0.15) is 0 Å². The van der Waals surface area contributed by atoms with Gasteiger partial charge in [-0.15, -0.1) is 13.2 Å². The molecule has 2 aromatic heterocycles. The number of aryl methyl sites for hydroxylation is 1. The maximum absolute atomic E-state index is 12.8. The van der Waals surface area contributed by atoms with Crippen LogP contribution in [0.3, 0.4) is 0 Å². The number of carbonyl (C=O) groups is 1. The first-order chi connectivity index (χ1) is 14.0. The molecule has 158 valence electrons. The predicted molar refractivity (Wildman–Crippen MR) is 101 cm³/mol. The van der Waals surface area contributed by atoms with E-state index >= 15 is 0 Å². The van der Waals surface area contributed by atoms with Crippen molar-refractivity contribution in [2.24, 2.45) is 14.1 Å². The molecule has 0 unspecified atom stereocenters. The standard InChI is InChI=1S/C19H17F3N4O4/c1-24(10-11-6-4-5-7-14(11)30-19(20,21)22)17(28)13-9-8-12-15(23-13)25(2)18(29)26(3)16(12)27/h4-9H,10H2,1-3H3. The highest BCUT2D eigenvalue weighted by Gasteiger charge is 2.32. The van der Waals surface area contributed by atoms with E-state index < -0.39 is 29.3 Å². The van der Waals surface area contributed by atoms with E-state index in [1.54, 1.807) is 0 Å². The second-order valence-electron chi connectivity index (χ2n) is 6.59. The summed E-state index contributed by atoms with van der Waals surface area (Å²) < 4.78 is 43.8. The number of fused-ring (bicyclic) bond motifs is 1. The van der Waals surface area contributed by atoms with E-state index in [-0.39, 0.29) is 28.8 Å². The number of hydrogen-bond donors (Lipinski definition) is 0. The van der Waals surface area contributed by atoms with Crippen molar-refractivity contribution in [3.63, 3.8) is 0 Å². The lowest BCUT2D eigenvalue weighted by Crippen LogP contribution is -2.37. The van der Waals surface area contributed by atoms with Crippen molar-refractivity contribution in [1.82, 2.24) is 19.0 Å². The number of aromatic nitrogens is 3. The Morgan fingerprint density at radius 2 is 1.77 bits per heavy atom. The Kier molecular flexibility index (Phi) is 5.38. The summed E-state index contributed by atoms with van der Waals surface area (Å²) in [6.07, 6.45) is -4.87. The Labute approximate surface area is 167 Å². The molecule has 0 atom stereocenters. The van der Waals surface area contributed by atoms with Gasteiger partial charge in [0.25, 0.3) is 11.5 Å². The van der Waals surface area contributed by atoms with Crippen LogP contribution in [0.25, 0.3) is 11.0 Å². The predicted octanol–water partition coefficient (Wildman–Crippen LogP) is 1.80. The third-order valence-electron chi connectivity index (χ3n) is 4.47. The molecule has 0 aliphatic rings. The summed E-state index contributed by atoms with van der Waals surface area (Å²) in [4.78, 5) is 42.4. The fourth-order valence-corrected chi connectivity index (χ4v) is 2.95. The van der Waals surface area contributed by atoms with Crippen LogP contribution in [0.15, 0.2) is 46.0 Å². The molecule has 3 rings (SSSR count). The lowest BCUT2D eigenvalue weighted by Gasteiger charge is -2.20. The van der Waals surface area contributed by atoms with Gasteiger partial charge in [-0.1, -0.05) is 18.2 Å². The summed E-state index contributed by atoms with van der Waals surface area (Å²) in [5.41, 5.74) is -1.04. The molecule has 0 saturated heterocycles. The van der Waals surface area contributed by atoms with E-state index in [9.17, 15) is 27.6 Å². The van der Waals surface area contributed by atoms with Crippen molar-refractivity contribution in [2.75, 3.05) is 7.05 Å². The number of carbonyl (C=O) groups excluding carboxylic acids is 1. The zero-order valence-corrected chi connectivity index (χ0v) is 16.2. The molecular formula is C19H17F3N4O4. The smallest absolute Gasteiger partial charge is 0.405 e. The summed E-state index contributed by atoms with van der Waals surface area (Å²) in [6.45, 7) is -0.180. The number of alkyl halides is 3. The van der Waals surface area contributed by atoms with Crippen molar-refractivity contribution in [3.05, 3.63) is 68.5 Å². The first kappa shape index (κ1) is 21.1. The van der Waals surface area contributed by atoms with Crippen molar-refractivity contribution in [1.29, 1.82) is 0 Å². The minimum Gasteiger partial charge on any atom is -0.405 e. The van der Waals surface area contributed by atoms with Crippen LogP contribution >= 0.6 is 0 Å². The molecule has 0 bridgehead atoms. The highest BCUT2D eigenvalue weighted by atomic mass is 19.4. The highest BCUT2D eigenvalue weighted by molar-refractivity contribution is 5.94. The minimum atomic E-state index is -4.87. The Balaban J connectivity index is 1.93. The van der Waals surface area contributed by atoms with Crippen LogP contribution in [0, 0.1) is 0 Å². The van der Waals surface area contributed by atoms with E-state index in [0.29, 0.717) is 0 Å². The first-order valence-corrected chi connectivity index (χ1v) is 8.65. The summed E-state index contributed by atoms with van der Waals surface area (Å²) in [6, 6.07) is 8.18. The molecule has 1 amide bonds. The van der Waals surface area contributed by atoms with Crippen molar-refractivity contribution < 1.29 is 22.7 Å². The fraction of sp³-hybridized carbons (Fsp3) is 0.263. The summed E-state index contributed by atoms with van der Waals surface area (Å²) in [7, 11) is 4.14. The third kappa shape index (κ3) is 4.04. The molecule has 0 N–H and O–H groups in total. The molecule has 0 radical (unpaired) electrons. The number of hydrogen-bond acceptors (Lipinski definition) is 5. The maximum Gasteiger partial charge on any atom is 0.573 e. The highest BCUT2D eigenvalue weighted by Crippen LogP contribution is 2.27. The van der Waals surface area contributed by atoms with Crippen molar-refractivity contribution >= 4 is 16.9 Å². The fourth-order valence-electron chi connectivity index (χ4n) is 2.95. The minimum absolute atomic E-state index is 0.0307. The number of halogens is 3. The second kappa shape index (κ2) is 7.65. The van der Waals surface area contributed by atoms with Gasteiger partial charge in [0.2, 0.25) is 0 Å². The molecular weight excluding hydrogens is 405 g/mol. The van der Waals surface area contributed by atoms with E-state index in [0.717, 1.165) is 20.1 Å². The van der Waals surface area contributed by atoms with E-state index in [2.05, 4.69) is 9.72 Å². The van der Waals surface area contributed by atoms with Crippen LogP contribution in [0.4, 0.5) is 13.2 Å². The maximum atomic E-state index is 12.8. The molecule has 0 aliphatic heterocycles. The summed E-state index contributed by atoms with van der Waals surface area (Å²) in [5.74, 6) is -1.02. The van der Waals surface area contributed by atoms with Gasteiger partial charge < -0.3 is 9.64 Å². The van der Waals surface area contributed by atoms with Gasteiger partial charge in [-0.25, -0.2) is 9.78 Å². The quantitative estimate of drug-likeness (QED) is 0.640. The van der Waals surface area contributed by atoms with Gasteiger partial charge in [0, 0.05) is 33.3 Å². The lowest BCUT2D eigenvalue weighted by atomic mass is 10.2. The number of para-hydroxylation sites is 1. The molecule has 2 heterocycles. The van der Waals surface area contributed by atoms with Crippen LogP contribution in [-0.4, -0.2) is 38.3 Å². The van der Waals surface area contributed by atoms with Crippen LogP contribution in [-0.2, 0) is 20.6 Å². The monoisotopic (exact) mass is 422 g/mol. The molecule has 1 aromatic carbocycles. The van der Waals surface area contributed by atoms with Crippen LogP contribution in [0.5, 0.6) is 5.75 Å². The van der Waals surface area contributed by atoms with Gasteiger partial charge in [-0.3, -0.25) is 18.7 Å². The zero-order valence-electron chi connectivity index (χ0n) is 16.2.